The molecule has 1 fully saturated rings. The Bertz CT molecular complexity index is 709. The minimum atomic E-state index is -1.28. The number of carbonyl (C=O) groups is 1. The molecule has 4 atom stereocenters. The van der Waals surface area contributed by atoms with Crippen molar-refractivity contribution in [2.75, 3.05) is 6.61 Å². The highest BCUT2D eigenvalue weighted by Crippen LogP contribution is 2.30. The summed E-state index contributed by atoms with van der Waals surface area (Å²) in [5.74, 6) is 5.23. The van der Waals surface area contributed by atoms with Crippen LogP contribution in [0.25, 0.3) is 0 Å². The molecular formula is C21H33N3O5. The summed E-state index contributed by atoms with van der Waals surface area (Å²) in [5, 5.41) is 29.5. The Kier molecular flexibility index (Phi) is 9.61. The Morgan fingerprint density at radius 2 is 1.83 bits per heavy atom. The van der Waals surface area contributed by atoms with Gasteiger partial charge >= 0.3 is 0 Å². The first-order valence-corrected chi connectivity index (χ1v) is 10.5. The molecule has 1 aromatic heterocycles. The van der Waals surface area contributed by atoms with Gasteiger partial charge in [0.15, 0.2) is 11.9 Å². The van der Waals surface area contributed by atoms with Gasteiger partial charge in [-0.3, -0.25) is 9.36 Å². The number of aliphatic hydroxyl groups is 3. The van der Waals surface area contributed by atoms with Gasteiger partial charge in [-0.05, 0) is 12.3 Å². The Labute approximate surface area is 172 Å². The molecule has 162 valence electrons. The van der Waals surface area contributed by atoms with Crippen LogP contribution in [0.1, 0.15) is 87.1 Å². The lowest BCUT2D eigenvalue weighted by molar-refractivity contribution is -0.0531. The van der Waals surface area contributed by atoms with Crippen LogP contribution in [0, 0.1) is 11.8 Å². The van der Waals surface area contributed by atoms with Crippen LogP contribution in [0.5, 0.6) is 0 Å². The predicted molar refractivity (Wildman–Crippen MR) is 108 cm³/mol. The molecule has 1 amide bonds. The summed E-state index contributed by atoms with van der Waals surface area (Å²) in [6.07, 6.45) is 7.18. The van der Waals surface area contributed by atoms with E-state index in [2.05, 4.69) is 23.7 Å². The molecule has 1 saturated heterocycles. The molecule has 0 unspecified atom stereocenters. The molecule has 0 radical (unpaired) electrons. The maximum atomic E-state index is 11.7. The number of imidazole rings is 1. The van der Waals surface area contributed by atoms with Crippen LogP contribution in [0.2, 0.25) is 0 Å². The summed E-state index contributed by atoms with van der Waals surface area (Å²) >= 11 is 0. The van der Waals surface area contributed by atoms with E-state index in [1.807, 2.05) is 0 Å². The Balaban J connectivity index is 1.96. The number of nitrogens with zero attached hydrogens (tertiary/aromatic N) is 2. The summed E-state index contributed by atoms with van der Waals surface area (Å²) in [4.78, 5) is 15.7. The molecule has 2 heterocycles. The predicted octanol–water partition coefficient (Wildman–Crippen LogP) is 1.48. The van der Waals surface area contributed by atoms with Crippen LogP contribution in [-0.2, 0) is 4.74 Å². The van der Waals surface area contributed by atoms with Crippen molar-refractivity contribution in [3.05, 3.63) is 17.7 Å². The van der Waals surface area contributed by atoms with E-state index in [9.17, 15) is 20.1 Å². The number of hydrogen-bond acceptors (Lipinski definition) is 6. The van der Waals surface area contributed by atoms with E-state index in [1.165, 1.54) is 49.4 Å². The number of unbranched alkanes of at least 4 members (excludes halogenated alkanes) is 8. The highest BCUT2D eigenvalue weighted by molar-refractivity contribution is 5.93. The highest BCUT2D eigenvalue weighted by Gasteiger charge is 2.44. The molecule has 0 saturated carbocycles. The zero-order valence-corrected chi connectivity index (χ0v) is 17.1. The summed E-state index contributed by atoms with van der Waals surface area (Å²) in [7, 11) is 0. The maximum absolute atomic E-state index is 11.7. The molecule has 0 spiro atoms. The second-order valence-electron chi connectivity index (χ2n) is 7.47. The Hall–Kier alpha value is -1.92. The molecule has 29 heavy (non-hydrogen) atoms. The van der Waals surface area contributed by atoms with Crippen LogP contribution in [-0.4, -0.2) is 55.7 Å². The first kappa shape index (κ1) is 23.4. The van der Waals surface area contributed by atoms with Gasteiger partial charge < -0.3 is 25.8 Å². The molecular weight excluding hydrogens is 374 g/mol. The lowest BCUT2D eigenvalue weighted by Gasteiger charge is -2.17. The van der Waals surface area contributed by atoms with E-state index < -0.39 is 37.1 Å². The van der Waals surface area contributed by atoms with E-state index in [0.717, 1.165) is 12.8 Å². The van der Waals surface area contributed by atoms with Crippen LogP contribution >= 0.6 is 0 Å². The van der Waals surface area contributed by atoms with Gasteiger partial charge in [-0.1, -0.05) is 57.8 Å². The molecule has 1 aliphatic heterocycles. The van der Waals surface area contributed by atoms with Crippen molar-refractivity contribution in [3.63, 3.8) is 0 Å². The molecule has 1 aromatic rings. The fourth-order valence-corrected chi connectivity index (χ4v) is 3.46. The molecule has 0 aromatic carbocycles. The van der Waals surface area contributed by atoms with Crippen LogP contribution in [0.3, 0.4) is 0 Å². The number of primary amides is 1. The first-order valence-electron chi connectivity index (χ1n) is 10.5. The number of ether oxygens (including phenoxy) is 1. The van der Waals surface area contributed by atoms with E-state index in [0.29, 0.717) is 6.42 Å². The van der Waals surface area contributed by atoms with Crippen molar-refractivity contribution in [1.82, 2.24) is 9.55 Å². The summed E-state index contributed by atoms with van der Waals surface area (Å²) in [5.41, 5.74) is 5.62. The fourth-order valence-electron chi connectivity index (χ4n) is 3.46. The van der Waals surface area contributed by atoms with E-state index in [1.54, 1.807) is 0 Å². The van der Waals surface area contributed by atoms with Crippen LogP contribution < -0.4 is 5.73 Å². The van der Waals surface area contributed by atoms with Gasteiger partial charge in [0.05, 0.1) is 12.9 Å². The van der Waals surface area contributed by atoms with Gasteiger partial charge in [-0.2, -0.15) is 0 Å². The molecule has 2 rings (SSSR count). The zero-order chi connectivity index (χ0) is 21.2. The summed E-state index contributed by atoms with van der Waals surface area (Å²) in [6.45, 7) is 1.77. The lowest BCUT2D eigenvalue weighted by atomic mass is 10.1. The summed E-state index contributed by atoms with van der Waals surface area (Å²) < 4.78 is 6.90. The molecule has 0 aliphatic carbocycles. The van der Waals surface area contributed by atoms with Crippen LogP contribution in [0.4, 0.5) is 0 Å². The van der Waals surface area contributed by atoms with Crippen molar-refractivity contribution in [2.45, 2.75) is 89.3 Å². The summed E-state index contributed by atoms with van der Waals surface area (Å²) in [6, 6.07) is 0. The van der Waals surface area contributed by atoms with Crippen LogP contribution in [0.15, 0.2) is 6.33 Å². The maximum Gasteiger partial charge on any atom is 0.270 e. The van der Waals surface area contributed by atoms with Gasteiger partial charge in [0.1, 0.15) is 24.0 Å². The monoisotopic (exact) mass is 407 g/mol. The topological polar surface area (TPSA) is 131 Å². The average molecular weight is 408 g/mol. The quantitative estimate of drug-likeness (QED) is 0.325. The molecule has 8 nitrogen and oxygen atoms in total. The third-order valence-electron chi connectivity index (χ3n) is 5.18. The molecule has 0 bridgehead atoms. The van der Waals surface area contributed by atoms with Gasteiger partial charge in [0.2, 0.25) is 0 Å². The van der Waals surface area contributed by atoms with Crippen molar-refractivity contribution in [3.8, 4) is 11.8 Å². The standard InChI is InChI=1S/C21H33N3O5/c1-2-3-4-5-6-7-8-9-10-11-12-15-17(20(22)28)23-14-24(15)21-19(27)18(26)16(13-25)29-21/h14,16,18-19,21,25-27H,2-10,13H2,1H3,(H2,22,28)/t16-,18-,19-,21-/m1/s1. The van der Waals surface area contributed by atoms with Gasteiger partial charge in [-0.15, -0.1) is 0 Å². The largest absolute Gasteiger partial charge is 0.394 e. The number of amides is 1. The number of carbonyl (C=O) groups excluding carboxylic acids is 1. The number of aliphatic hydroxyl groups excluding tert-OH is 3. The average Bonchev–Trinajstić information content (AvgIpc) is 3.24. The van der Waals surface area contributed by atoms with Crippen molar-refractivity contribution < 1.29 is 24.9 Å². The normalized spacial score (nSPS) is 23.7. The number of hydrogen-bond donors (Lipinski definition) is 4. The molecule has 5 N–H and O–H groups in total. The van der Waals surface area contributed by atoms with Gasteiger partial charge in [0, 0.05) is 6.42 Å². The van der Waals surface area contributed by atoms with E-state index in [4.69, 9.17) is 10.5 Å². The Morgan fingerprint density at radius 3 is 2.41 bits per heavy atom. The first-order chi connectivity index (χ1) is 14.0. The minimum Gasteiger partial charge on any atom is -0.394 e. The second kappa shape index (κ2) is 11.9. The van der Waals surface area contributed by atoms with Gasteiger partial charge in [0.25, 0.3) is 5.91 Å². The zero-order valence-electron chi connectivity index (χ0n) is 17.1. The van der Waals surface area contributed by atoms with E-state index >= 15 is 0 Å². The lowest BCUT2D eigenvalue weighted by Crippen LogP contribution is -2.33. The number of aromatic nitrogens is 2. The Morgan fingerprint density at radius 1 is 1.17 bits per heavy atom. The fraction of sp³-hybridized carbons (Fsp3) is 0.714. The second-order valence-corrected chi connectivity index (χ2v) is 7.47. The van der Waals surface area contributed by atoms with Crippen molar-refractivity contribution in [1.29, 1.82) is 0 Å². The third kappa shape index (κ3) is 6.28. The molecule has 1 aliphatic rings. The smallest absolute Gasteiger partial charge is 0.270 e. The highest BCUT2D eigenvalue weighted by atomic mass is 16.6. The van der Waals surface area contributed by atoms with Crippen molar-refractivity contribution >= 4 is 5.91 Å². The van der Waals surface area contributed by atoms with Gasteiger partial charge in [-0.25, -0.2) is 4.98 Å². The van der Waals surface area contributed by atoms with E-state index in [-0.39, 0.29) is 11.4 Å². The van der Waals surface area contributed by atoms with Crippen molar-refractivity contribution in [2.24, 2.45) is 5.73 Å². The number of nitrogens with two attached hydrogens (primary N) is 1. The molecule has 8 heteroatoms. The SMILES string of the molecule is CCCCCCCCCCC#Cc1c(C(N)=O)ncn1[C@@H]1O[C@H](CO)[C@@H](O)[C@H]1O. The third-order valence-corrected chi connectivity index (χ3v) is 5.18. The number of rotatable bonds is 11. The minimum absolute atomic E-state index is 0.00818.